The molecule has 1 aromatic carbocycles. The second kappa shape index (κ2) is 3.52. The van der Waals surface area contributed by atoms with E-state index in [4.69, 9.17) is 5.73 Å². The van der Waals surface area contributed by atoms with Crippen molar-refractivity contribution in [2.24, 2.45) is 5.73 Å². The van der Waals surface area contributed by atoms with Gasteiger partial charge in [-0.05, 0) is 19.1 Å². The fourth-order valence-electron chi connectivity index (χ4n) is 1.83. The van der Waals surface area contributed by atoms with Gasteiger partial charge in [0.25, 0.3) is 5.91 Å². The summed E-state index contributed by atoms with van der Waals surface area (Å²) in [6, 6.07) is 3.36. The number of carbonyl (C=O) groups is 1. The second-order valence-corrected chi connectivity index (χ2v) is 4.41. The summed E-state index contributed by atoms with van der Waals surface area (Å²) in [6.45, 7) is 2.42. The molecule has 2 rings (SSSR count). The zero-order valence-corrected chi connectivity index (χ0v) is 8.84. The van der Waals surface area contributed by atoms with Crippen molar-refractivity contribution in [1.82, 2.24) is 4.90 Å². The number of halogens is 2. The Kier molecular flexibility index (Phi) is 2.42. The van der Waals surface area contributed by atoms with E-state index in [1.165, 1.54) is 11.0 Å². The second-order valence-electron chi connectivity index (χ2n) is 4.41. The van der Waals surface area contributed by atoms with E-state index in [1.54, 1.807) is 6.92 Å². The quantitative estimate of drug-likeness (QED) is 0.780. The Morgan fingerprint density at radius 1 is 1.38 bits per heavy atom. The standard InChI is InChI=1S/C11H12F2N2O/c1-11(14)5-15(6-11)10(16)9-7(12)3-2-4-8(9)13/h2-4H,5-6,14H2,1H3. The summed E-state index contributed by atoms with van der Waals surface area (Å²) in [5, 5.41) is 0. The lowest BCUT2D eigenvalue weighted by Gasteiger charge is -2.45. The minimum Gasteiger partial charge on any atom is -0.335 e. The first-order valence-electron chi connectivity index (χ1n) is 4.93. The third kappa shape index (κ3) is 1.78. The van der Waals surface area contributed by atoms with Crippen LogP contribution >= 0.6 is 0 Å². The highest BCUT2D eigenvalue weighted by molar-refractivity contribution is 5.95. The fraction of sp³-hybridized carbons (Fsp3) is 0.364. The number of amides is 1. The van der Waals surface area contributed by atoms with E-state index >= 15 is 0 Å². The van der Waals surface area contributed by atoms with Gasteiger partial charge in [0.1, 0.15) is 17.2 Å². The van der Waals surface area contributed by atoms with Crippen LogP contribution in [0, 0.1) is 11.6 Å². The van der Waals surface area contributed by atoms with E-state index in [-0.39, 0.29) is 0 Å². The molecule has 0 aromatic heterocycles. The average molecular weight is 226 g/mol. The molecule has 0 spiro atoms. The van der Waals surface area contributed by atoms with Gasteiger partial charge in [-0.1, -0.05) is 6.07 Å². The highest BCUT2D eigenvalue weighted by atomic mass is 19.1. The van der Waals surface area contributed by atoms with Crippen molar-refractivity contribution in [2.45, 2.75) is 12.5 Å². The summed E-state index contributed by atoms with van der Waals surface area (Å²) in [5.41, 5.74) is 4.77. The van der Waals surface area contributed by atoms with Crippen molar-refractivity contribution in [3.05, 3.63) is 35.4 Å². The first-order valence-corrected chi connectivity index (χ1v) is 4.93. The van der Waals surface area contributed by atoms with Crippen molar-refractivity contribution in [2.75, 3.05) is 13.1 Å². The topological polar surface area (TPSA) is 46.3 Å². The van der Waals surface area contributed by atoms with Crippen LogP contribution in [0.4, 0.5) is 8.78 Å². The van der Waals surface area contributed by atoms with Crippen molar-refractivity contribution in [1.29, 1.82) is 0 Å². The van der Waals surface area contributed by atoms with E-state index in [0.29, 0.717) is 13.1 Å². The number of hydrogen-bond acceptors (Lipinski definition) is 2. The fourth-order valence-corrected chi connectivity index (χ4v) is 1.83. The van der Waals surface area contributed by atoms with E-state index in [1.807, 2.05) is 0 Å². The normalized spacial score (nSPS) is 18.1. The minimum absolute atomic E-state index is 0.319. The predicted molar refractivity (Wildman–Crippen MR) is 54.9 cm³/mol. The number of benzene rings is 1. The Hall–Kier alpha value is -1.49. The molecule has 0 aliphatic carbocycles. The van der Waals surface area contributed by atoms with Crippen LogP contribution in [0.5, 0.6) is 0 Å². The van der Waals surface area contributed by atoms with Crippen LogP contribution in [0.3, 0.4) is 0 Å². The van der Waals surface area contributed by atoms with E-state index in [9.17, 15) is 13.6 Å². The highest BCUT2D eigenvalue weighted by Gasteiger charge is 2.39. The average Bonchev–Trinajstić information content (AvgIpc) is 2.13. The largest absolute Gasteiger partial charge is 0.335 e. The van der Waals surface area contributed by atoms with Crippen LogP contribution in [-0.4, -0.2) is 29.4 Å². The van der Waals surface area contributed by atoms with Gasteiger partial charge in [0, 0.05) is 18.6 Å². The zero-order valence-electron chi connectivity index (χ0n) is 8.84. The van der Waals surface area contributed by atoms with Gasteiger partial charge < -0.3 is 10.6 Å². The first kappa shape index (κ1) is 11.0. The number of rotatable bonds is 1. The molecular formula is C11H12F2N2O. The lowest BCUT2D eigenvalue weighted by molar-refractivity contribution is 0.0444. The Bertz CT molecular complexity index is 417. The van der Waals surface area contributed by atoms with Crippen LogP contribution in [0.15, 0.2) is 18.2 Å². The van der Waals surface area contributed by atoms with Crippen molar-refractivity contribution >= 4 is 5.91 Å². The van der Waals surface area contributed by atoms with Gasteiger partial charge in [-0.15, -0.1) is 0 Å². The minimum atomic E-state index is -0.837. The van der Waals surface area contributed by atoms with Crippen molar-refractivity contribution in [3.8, 4) is 0 Å². The maximum absolute atomic E-state index is 13.3. The van der Waals surface area contributed by atoms with Crippen molar-refractivity contribution in [3.63, 3.8) is 0 Å². The van der Waals surface area contributed by atoms with Crippen LogP contribution in [0.2, 0.25) is 0 Å². The molecule has 1 aliphatic heterocycles. The lowest BCUT2D eigenvalue weighted by Crippen LogP contribution is -2.66. The van der Waals surface area contributed by atoms with Gasteiger partial charge in [-0.3, -0.25) is 4.79 Å². The highest BCUT2D eigenvalue weighted by Crippen LogP contribution is 2.22. The maximum atomic E-state index is 13.3. The number of likely N-dealkylation sites (tertiary alicyclic amines) is 1. The van der Waals surface area contributed by atoms with E-state index < -0.39 is 28.6 Å². The molecule has 0 atom stereocenters. The molecule has 0 saturated carbocycles. The first-order chi connectivity index (χ1) is 7.41. The van der Waals surface area contributed by atoms with Crippen LogP contribution in [-0.2, 0) is 0 Å². The lowest BCUT2D eigenvalue weighted by atomic mass is 9.93. The molecule has 0 bridgehead atoms. The van der Waals surface area contributed by atoms with Gasteiger partial charge in [0.15, 0.2) is 0 Å². The zero-order chi connectivity index (χ0) is 11.9. The van der Waals surface area contributed by atoms with Gasteiger partial charge in [0.05, 0.1) is 0 Å². The Labute approximate surface area is 91.8 Å². The Morgan fingerprint density at radius 2 is 1.88 bits per heavy atom. The summed E-state index contributed by atoms with van der Waals surface area (Å²) in [4.78, 5) is 13.1. The van der Waals surface area contributed by atoms with E-state index in [0.717, 1.165) is 12.1 Å². The number of nitrogens with zero attached hydrogens (tertiary/aromatic N) is 1. The smallest absolute Gasteiger partial charge is 0.259 e. The van der Waals surface area contributed by atoms with Gasteiger partial charge in [0.2, 0.25) is 0 Å². The van der Waals surface area contributed by atoms with Crippen LogP contribution in [0.25, 0.3) is 0 Å². The molecule has 5 heteroatoms. The molecule has 16 heavy (non-hydrogen) atoms. The third-order valence-corrected chi connectivity index (χ3v) is 2.57. The molecule has 1 fully saturated rings. The molecule has 0 unspecified atom stereocenters. The van der Waals surface area contributed by atoms with E-state index in [2.05, 4.69) is 0 Å². The maximum Gasteiger partial charge on any atom is 0.259 e. The summed E-state index contributed by atoms with van der Waals surface area (Å²) in [5.74, 6) is -2.32. The monoisotopic (exact) mass is 226 g/mol. The van der Waals surface area contributed by atoms with Crippen LogP contribution in [0.1, 0.15) is 17.3 Å². The number of nitrogens with two attached hydrogens (primary N) is 1. The predicted octanol–water partition coefficient (Wildman–Crippen LogP) is 1.14. The van der Waals surface area contributed by atoms with Crippen molar-refractivity contribution < 1.29 is 13.6 Å². The molecular weight excluding hydrogens is 214 g/mol. The molecule has 1 heterocycles. The molecule has 86 valence electrons. The number of hydrogen-bond donors (Lipinski definition) is 1. The molecule has 3 nitrogen and oxygen atoms in total. The molecule has 2 N–H and O–H groups in total. The summed E-state index contributed by atoms with van der Waals surface area (Å²) in [7, 11) is 0. The molecule has 1 amide bonds. The molecule has 0 radical (unpaired) electrons. The van der Waals surface area contributed by atoms with Gasteiger partial charge >= 0.3 is 0 Å². The Morgan fingerprint density at radius 3 is 2.31 bits per heavy atom. The van der Waals surface area contributed by atoms with Crippen LogP contribution < -0.4 is 5.73 Å². The summed E-state index contributed by atoms with van der Waals surface area (Å²) < 4.78 is 26.6. The molecule has 1 aliphatic rings. The van der Waals surface area contributed by atoms with Gasteiger partial charge in [-0.25, -0.2) is 8.78 Å². The summed E-state index contributed by atoms with van der Waals surface area (Å²) in [6.07, 6.45) is 0. The number of carbonyl (C=O) groups excluding carboxylic acids is 1. The van der Waals surface area contributed by atoms with Gasteiger partial charge in [-0.2, -0.15) is 0 Å². The Balaban J connectivity index is 2.23. The molecule has 1 aromatic rings. The SMILES string of the molecule is CC1(N)CN(C(=O)c2c(F)cccc2F)C1. The third-order valence-electron chi connectivity index (χ3n) is 2.57. The molecule has 1 saturated heterocycles. The summed E-state index contributed by atoms with van der Waals surface area (Å²) >= 11 is 0.